The maximum atomic E-state index is 13.8. The number of anilines is 1. The van der Waals surface area contributed by atoms with E-state index in [-0.39, 0.29) is 17.3 Å². The fraction of sp³-hybridized carbons (Fsp3) is 0.286. The molecule has 0 fully saturated rings. The fourth-order valence-electron chi connectivity index (χ4n) is 3.73. The average molecular weight is 542 g/mol. The van der Waals surface area contributed by atoms with Crippen LogP contribution >= 0.6 is 11.6 Å². The van der Waals surface area contributed by atoms with Gasteiger partial charge in [-0.05, 0) is 69.7 Å². The first kappa shape index (κ1) is 28.2. The third-order valence-corrected chi connectivity index (χ3v) is 7.58. The first-order valence-corrected chi connectivity index (χ1v) is 13.7. The normalized spacial score (nSPS) is 12.5. The highest BCUT2D eigenvalue weighted by atomic mass is 35.5. The summed E-state index contributed by atoms with van der Waals surface area (Å²) < 4.78 is 28.4. The lowest BCUT2D eigenvalue weighted by molar-refractivity contribution is -0.140. The van der Waals surface area contributed by atoms with Crippen molar-refractivity contribution in [1.29, 1.82) is 0 Å². The zero-order valence-electron chi connectivity index (χ0n) is 21.4. The third kappa shape index (κ3) is 7.57. The van der Waals surface area contributed by atoms with Crippen molar-refractivity contribution in [3.8, 4) is 0 Å². The van der Waals surface area contributed by atoms with Crippen LogP contribution in [0.2, 0.25) is 5.02 Å². The second kappa shape index (κ2) is 11.8. The van der Waals surface area contributed by atoms with Crippen molar-refractivity contribution in [2.75, 3.05) is 10.8 Å². The van der Waals surface area contributed by atoms with Crippen molar-refractivity contribution in [2.24, 2.45) is 0 Å². The van der Waals surface area contributed by atoms with Crippen LogP contribution in [-0.4, -0.2) is 43.3 Å². The van der Waals surface area contributed by atoms with Crippen molar-refractivity contribution in [2.45, 2.75) is 50.7 Å². The Kier molecular flexibility index (Phi) is 8.99. The van der Waals surface area contributed by atoms with E-state index in [2.05, 4.69) is 5.32 Å². The molecule has 0 aromatic heterocycles. The fourth-order valence-corrected chi connectivity index (χ4v) is 5.38. The molecule has 0 radical (unpaired) electrons. The molecule has 2 amide bonds. The van der Waals surface area contributed by atoms with Crippen LogP contribution in [0.5, 0.6) is 0 Å². The van der Waals surface area contributed by atoms with Gasteiger partial charge in [0.1, 0.15) is 12.6 Å². The molecule has 196 valence electrons. The average Bonchev–Trinajstić information content (AvgIpc) is 2.85. The van der Waals surface area contributed by atoms with Gasteiger partial charge in [-0.2, -0.15) is 0 Å². The Hall–Kier alpha value is -3.36. The monoisotopic (exact) mass is 541 g/mol. The molecule has 0 spiro atoms. The summed E-state index contributed by atoms with van der Waals surface area (Å²) in [6.07, 6.45) is 0. The summed E-state index contributed by atoms with van der Waals surface area (Å²) in [5, 5.41) is 3.40. The molecular weight excluding hydrogens is 510 g/mol. The molecular formula is C28H32ClN3O4S. The number of rotatable bonds is 9. The number of hydrogen-bond donors (Lipinski definition) is 1. The summed E-state index contributed by atoms with van der Waals surface area (Å²) in [4.78, 5) is 28.3. The van der Waals surface area contributed by atoms with Gasteiger partial charge in [0.2, 0.25) is 11.8 Å². The topological polar surface area (TPSA) is 86.8 Å². The number of carbonyl (C=O) groups excluding carboxylic acids is 2. The maximum absolute atomic E-state index is 13.8. The Morgan fingerprint density at radius 1 is 0.919 bits per heavy atom. The molecule has 0 bridgehead atoms. The number of benzene rings is 3. The molecule has 7 nitrogen and oxygen atoms in total. The number of amides is 2. The number of carbonyl (C=O) groups is 2. The second-order valence-electron chi connectivity index (χ2n) is 9.73. The number of para-hydroxylation sites is 1. The summed E-state index contributed by atoms with van der Waals surface area (Å²) in [6.45, 7) is 6.77. The number of nitrogens with zero attached hydrogens (tertiary/aromatic N) is 2. The van der Waals surface area contributed by atoms with Gasteiger partial charge in [-0.1, -0.05) is 60.1 Å². The summed E-state index contributed by atoms with van der Waals surface area (Å²) in [5.74, 6) is -0.875. The number of halogens is 1. The molecule has 0 aliphatic heterocycles. The molecule has 0 aliphatic rings. The second-order valence-corrected chi connectivity index (χ2v) is 12.0. The highest BCUT2D eigenvalue weighted by Crippen LogP contribution is 2.24. The van der Waals surface area contributed by atoms with Gasteiger partial charge in [-0.15, -0.1) is 0 Å². The Labute approximate surface area is 224 Å². The molecule has 0 saturated carbocycles. The predicted molar refractivity (Wildman–Crippen MR) is 147 cm³/mol. The molecule has 1 N–H and O–H groups in total. The lowest BCUT2D eigenvalue weighted by atomic mass is 10.1. The molecule has 0 heterocycles. The minimum Gasteiger partial charge on any atom is -0.350 e. The summed E-state index contributed by atoms with van der Waals surface area (Å²) in [7, 11) is -4.07. The van der Waals surface area contributed by atoms with Gasteiger partial charge in [0, 0.05) is 17.1 Å². The molecule has 0 saturated heterocycles. The Morgan fingerprint density at radius 2 is 1.51 bits per heavy atom. The van der Waals surface area contributed by atoms with Crippen LogP contribution in [0.1, 0.15) is 33.3 Å². The van der Waals surface area contributed by atoms with Crippen molar-refractivity contribution < 1.29 is 18.0 Å². The van der Waals surface area contributed by atoms with Gasteiger partial charge in [-0.25, -0.2) is 8.42 Å². The van der Waals surface area contributed by atoms with Gasteiger partial charge in [0.15, 0.2) is 0 Å². The van der Waals surface area contributed by atoms with E-state index in [1.165, 1.54) is 17.0 Å². The predicted octanol–water partition coefficient (Wildman–Crippen LogP) is 4.87. The van der Waals surface area contributed by atoms with E-state index in [0.717, 1.165) is 4.31 Å². The van der Waals surface area contributed by atoms with E-state index in [1.54, 1.807) is 79.7 Å². The van der Waals surface area contributed by atoms with Crippen LogP contribution in [0.15, 0.2) is 89.8 Å². The Balaban J connectivity index is 2.00. The maximum Gasteiger partial charge on any atom is 0.264 e. The summed E-state index contributed by atoms with van der Waals surface area (Å²) in [6, 6.07) is 22.5. The lowest BCUT2D eigenvalue weighted by Crippen LogP contribution is -2.54. The number of sulfonamides is 1. The molecule has 9 heteroatoms. The first-order chi connectivity index (χ1) is 17.4. The molecule has 3 rings (SSSR count). The highest BCUT2D eigenvalue weighted by molar-refractivity contribution is 7.92. The van der Waals surface area contributed by atoms with Gasteiger partial charge in [0.25, 0.3) is 10.0 Å². The van der Waals surface area contributed by atoms with E-state index in [0.29, 0.717) is 16.3 Å². The van der Waals surface area contributed by atoms with E-state index in [9.17, 15) is 18.0 Å². The van der Waals surface area contributed by atoms with Crippen molar-refractivity contribution in [3.05, 3.63) is 95.5 Å². The lowest BCUT2D eigenvalue weighted by Gasteiger charge is -2.33. The van der Waals surface area contributed by atoms with Crippen molar-refractivity contribution in [3.63, 3.8) is 0 Å². The first-order valence-electron chi connectivity index (χ1n) is 11.9. The van der Waals surface area contributed by atoms with E-state index in [4.69, 9.17) is 11.6 Å². The van der Waals surface area contributed by atoms with E-state index >= 15 is 0 Å². The zero-order chi connectivity index (χ0) is 27.2. The van der Waals surface area contributed by atoms with Crippen LogP contribution in [-0.2, 0) is 26.2 Å². The van der Waals surface area contributed by atoms with Crippen LogP contribution in [0, 0.1) is 0 Å². The zero-order valence-corrected chi connectivity index (χ0v) is 23.0. The van der Waals surface area contributed by atoms with Gasteiger partial charge >= 0.3 is 0 Å². The Bertz CT molecular complexity index is 1330. The summed E-state index contributed by atoms with van der Waals surface area (Å²) >= 11 is 6.16. The van der Waals surface area contributed by atoms with Crippen molar-refractivity contribution >= 4 is 39.1 Å². The highest BCUT2D eigenvalue weighted by Gasteiger charge is 2.33. The largest absolute Gasteiger partial charge is 0.350 e. The smallest absolute Gasteiger partial charge is 0.264 e. The minimum absolute atomic E-state index is 0.0616. The molecule has 1 atom stereocenters. The van der Waals surface area contributed by atoms with Crippen LogP contribution in [0.25, 0.3) is 0 Å². The molecule has 0 aliphatic carbocycles. The third-order valence-electron chi connectivity index (χ3n) is 5.56. The van der Waals surface area contributed by atoms with E-state index < -0.39 is 34.1 Å². The van der Waals surface area contributed by atoms with Gasteiger partial charge in [-0.3, -0.25) is 13.9 Å². The van der Waals surface area contributed by atoms with Crippen LogP contribution < -0.4 is 9.62 Å². The van der Waals surface area contributed by atoms with Crippen molar-refractivity contribution in [1.82, 2.24) is 10.2 Å². The summed E-state index contributed by atoms with van der Waals surface area (Å²) in [5.41, 5.74) is 0.547. The van der Waals surface area contributed by atoms with Crippen LogP contribution in [0.4, 0.5) is 5.69 Å². The molecule has 3 aromatic rings. The van der Waals surface area contributed by atoms with Crippen LogP contribution in [0.3, 0.4) is 0 Å². The minimum atomic E-state index is -4.07. The quantitative estimate of drug-likeness (QED) is 0.419. The van der Waals surface area contributed by atoms with Gasteiger partial charge in [0.05, 0.1) is 10.6 Å². The molecule has 3 aromatic carbocycles. The Morgan fingerprint density at radius 3 is 2.08 bits per heavy atom. The number of nitrogens with one attached hydrogen (secondary N) is 1. The SMILES string of the molecule is C[C@H](C(=O)NC(C)(C)C)N(Cc1cccc(Cl)c1)C(=O)CN(c1ccccc1)S(=O)(=O)c1ccccc1. The molecule has 0 unspecified atom stereocenters. The van der Waals surface area contributed by atoms with Gasteiger partial charge < -0.3 is 10.2 Å². The van der Waals surface area contributed by atoms with E-state index in [1.807, 2.05) is 20.8 Å². The molecule has 37 heavy (non-hydrogen) atoms. The standard InChI is InChI=1S/C28H32ClN3O4S/c1-21(27(34)30-28(2,3)4)31(19-22-12-11-13-23(29)18-22)26(33)20-32(24-14-7-5-8-15-24)37(35,36)25-16-9-6-10-17-25/h5-18,21H,19-20H2,1-4H3,(H,30,34)/t21-/m1/s1. The number of hydrogen-bond acceptors (Lipinski definition) is 4.